The van der Waals surface area contributed by atoms with Gasteiger partial charge in [-0.25, -0.2) is 8.78 Å². The van der Waals surface area contributed by atoms with E-state index in [2.05, 4.69) is 0 Å². The topological polar surface area (TPSA) is 29.1 Å². The summed E-state index contributed by atoms with van der Waals surface area (Å²) >= 11 is 4.92. The first-order valence-corrected chi connectivity index (χ1v) is 3.38. The van der Waals surface area contributed by atoms with Gasteiger partial charge in [-0.2, -0.15) is 0 Å². The van der Waals surface area contributed by atoms with E-state index in [-0.39, 0.29) is 5.69 Å². The van der Waals surface area contributed by atoms with Gasteiger partial charge in [0.25, 0.3) is 0 Å². The van der Waals surface area contributed by atoms with Crippen molar-refractivity contribution >= 4 is 22.7 Å². The summed E-state index contributed by atoms with van der Waals surface area (Å²) in [6, 6.07) is 2.62. The van der Waals surface area contributed by atoms with E-state index in [1.807, 2.05) is 5.32 Å². The number of hydrogen-bond acceptors (Lipinski definition) is 1. The van der Waals surface area contributed by atoms with Crippen LogP contribution >= 0.6 is 11.6 Å². The van der Waals surface area contributed by atoms with Crippen LogP contribution in [-0.4, -0.2) is 5.37 Å². The van der Waals surface area contributed by atoms with Gasteiger partial charge in [0.05, 0.1) is 0 Å². The van der Waals surface area contributed by atoms with Crippen molar-refractivity contribution in [2.45, 2.75) is 0 Å². The highest BCUT2D eigenvalue weighted by molar-refractivity contribution is 6.65. The van der Waals surface area contributed by atoms with Crippen LogP contribution in [0.4, 0.5) is 19.3 Å². The fourth-order valence-electron chi connectivity index (χ4n) is 0.739. The molecule has 12 heavy (non-hydrogen) atoms. The molecule has 0 aliphatic carbocycles. The third kappa shape index (κ3) is 2.47. The molecule has 1 amide bonds. The van der Waals surface area contributed by atoms with Crippen molar-refractivity contribution < 1.29 is 13.6 Å². The average molecular weight is 192 g/mol. The maximum absolute atomic E-state index is 12.4. The van der Waals surface area contributed by atoms with Gasteiger partial charge in [-0.3, -0.25) is 4.79 Å². The quantitative estimate of drug-likeness (QED) is 0.537. The third-order valence-electron chi connectivity index (χ3n) is 1.11. The summed E-state index contributed by atoms with van der Waals surface area (Å²) in [7, 11) is 0. The Bertz CT molecular complexity index is 296. The lowest BCUT2D eigenvalue weighted by Gasteiger charge is -1.99. The molecule has 0 bridgehead atoms. The highest BCUT2D eigenvalue weighted by Crippen LogP contribution is 2.13. The van der Waals surface area contributed by atoms with Crippen LogP contribution < -0.4 is 5.32 Å². The van der Waals surface area contributed by atoms with Gasteiger partial charge in [0.1, 0.15) is 11.6 Å². The Morgan fingerprint density at radius 3 is 2.17 bits per heavy atom. The van der Waals surface area contributed by atoms with E-state index in [4.69, 9.17) is 11.6 Å². The molecule has 1 aromatic carbocycles. The first kappa shape index (κ1) is 8.93. The Morgan fingerprint density at radius 1 is 1.25 bits per heavy atom. The first-order valence-electron chi connectivity index (χ1n) is 3.00. The fourth-order valence-corrected chi connectivity index (χ4v) is 0.849. The Hall–Kier alpha value is -1.16. The molecule has 1 aromatic rings. The maximum Gasteiger partial charge on any atom is 0.318 e. The molecule has 5 heteroatoms. The normalized spacial score (nSPS) is 9.58. The minimum atomic E-state index is -0.889. The van der Waals surface area contributed by atoms with Crippen LogP contribution in [0.5, 0.6) is 0 Å². The summed E-state index contributed by atoms with van der Waals surface area (Å²) in [5, 5.41) is 1.14. The lowest BCUT2D eigenvalue weighted by Crippen LogP contribution is -2.01. The van der Waals surface area contributed by atoms with Crippen molar-refractivity contribution in [1.29, 1.82) is 0 Å². The summed E-state index contributed by atoms with van der Waals surface area (Å²) in [6.45, 7) is 0. The Morgan fingerprint density at radius 2 is 1.75 bits per heavy atom. The van der Waals surface area contributed by atoms with Gasteiger partial charge in [-0.1, -0.05) is 0 Å². The number of halogens is 3. The standard InChI is InChI=1S/C7H4ClF2NO/c8-7(12)11-6-2-4(9)1-5(10)3-6/h1-3H,(H,11,12). The highest BCUT2D eigenvalue weighted by atomic mass is 35.5. The molecule has 0 atom stereocenters. The molecule has 0 saturated carbocycles. The lowest BCUT2D eigenvalue weighted by atomic mass is 10.3. The van der Waals surface area contributed by atoms with E-state index >= 15 is 0 Å². The minimum Gasteiger partial charge on any atom is -0.312 e. The van der Waals surface area contributed by atoms with Crippen molar-refractivity contribution in [2.24, 2.45) is 0 Å². The molecular formula is C7H4ClF2NO. The molecule has 0 aliphatic heterocycles. The van der Waals surface area contributed by atoms with Crippen molar-refractivity contribution in [1.82, 2.24) is 0 Å². The molecule has 0 saturated heterocycles. The number of nitrogens with one attached hydrogen (secondary N) is 1. The highest BCUT2D eigenvalue weighted by Gasteiger charge is 2.01. The van der Waals surface area contributed by atoms with Crippen LogP contribution in [0, 0.1) is 11.6 Å². The van der Waals surface area contributed by atoms with Gasteiger partial charge < -0.3 is 5.32 Å². The summed E-state index contributed by atoms with van der Waals surface area (Å²) in [6.07, 6.45) is 0. The van der Waals surface area contributed by atoms with Crippen LogP contribution in [-0.2, 0) is 0 Å². The van der Waals surface area contributed by atoms with E-state index < -0.39 is 17.0 Å². The van der Waals surface area contributed by atoms with E-state index in [0.29, 0.717) is 6.07 Å². The third-order valence-corrected chi connectivity index (χ3v) is 1.20. The molecular weight excluding hydrogens is 188 g/mol. The molecule has 0 heterocycles. The van der Waals surface area contributed by atoms with Crippen LogP contribution in [0.15, 0.2) is 18.2 Å². The van der Waals surface area contributed by atoms with Gasteiger partial charge >= 0.3 is 5.37 Å². The van der Waals surface area contributed by atoms with Crippen LogP contribution in [0.25, 0.3) is 0 Å². The second-order valence-electron chi connectivity index (χ2n) is 2.06. The zero-order valence-corrected chi connectivity index (χ0v) is 6.53. The molecule has 0 radical (unpaired) electrons. The molecule has 0 aromatic heterocycles. The molecule has 0 aliphatic rings. The van der Waals surface area contributed by atoms with Crippen molar-refractivity contribution in [3.8, 4) is 0 Å². The summed E-state index contributed by atoms with van der Waals surface area (Å²) in [5.74, 6) is -1.54. The van der Waals surface area contributed by atoms with E-state index in [1.165, 1.54) is 0 Å². The van der Waals surface area contributed by atoms with Crippen molar-refractivity contribution in [3.05, 3.63) is 29.8 Å². The zero-order valence-electron chi connectivity index (χ0n) is 5.77. The average Bonchev–Trinajstić information content (AvgIpc) is 1.81. The minimum absolute atomic E-state index is 0.00694. The fraction of sp³-hybridized carbons (Fsp3) is 0. The van der Waals surface area contributed by atoms with E-state index in [9.17, 15) is 13.6 Å². The van der Waals surface area contributed by atoms with Gasteiger partial charge in [0.15, 0.2) is 0 Å². The number of carbonyl (C=O) groups is 1. The Labute approximate surface area is 72.1 Å². The Kier molecular flexibility index (Phi) is 2.60. The molecule has 1 N–H and O–H groups in total. The number of carbonyl (C=O) groups excluding carboxylic acids is 1. The summed E-state index contributed by atoms with van der Waals surface area (Å²) in [4.78, 5) is 10.2. The second kappa shape index (κ2) is 3.49. The van der Waals surface area contributed by atoms with Crippen molar-refractivity contribution in [3.63, 3.8) is 0 Å². The molecule has 1 rings (SSSR count). The largest absolute Gasteiger partial charge is 0.318 e. The van der Waals surface area contributed by atoms with Crippen LogP contribution in [0.3, 0.4) is 0 Å². The first-order chi connectivity index (χ1) is 5.58. The van der Waals surface area contributed by atoms with Crippen LogP contribution in [0.1, 0.15) is 0 Å². The van der Waals surface area contributed by atoms with Gasteiger partial charge in [0, 0.05) is 11.8 Å². The predicted molar refractivity (Wildman–Crippen MR) is 41.2 cm³/mol. The molecule has 2 nitrogen and oxygen atoms in total. The van der Waals surface area contributed by atoms with Gasteiger partial charge in [0.2, 0.25) is 0 Å². The lowest BCUT2D eigenvalue weighted by molar-refractivity contribution is 0.269. The molecule has 0 spiro atoms. The van der Waals surface area contributed by atoms with E-state index in [1.54, 1.807) is 0 Å². The number of amides is 1. The summed E-state index contributed by atoms with van der Waals surface area (Å²) < 4.78 is 24.9. The number of benzene rings is 1. The van der Waals surface area contributed by atoms with Crippen LogP contribution in [0.2, 0.25) is 0 Å². The Balaban J connectivity index is 2.93. The van der Waals surface area contributed by atoms with Gasteiger partial charge in [-0.05, 0) is 23.7 Å². The number of hydrogen-bond donors (Lipinski definition) is 1. The predicted octanol–water partition coefficient (Wildman–Crippen LogP) is 2.74. The molecule has 0 fully saturated rings. The second-order valence-corrected chi connectivity index (χ2v) is 2.40. The van der Waals surface area contributed by atoms with Crippen molar-refractivity contribution in [2.75, 3.05) is 5.32 Å². The van der Waals surface area contributed by atoms with E-state index in [0.717, 1.165) is 12.1 Å². The smallest absolute Gasteiger partial charge is 0.312 e. The summed E-state index contributed by atoms with van der Waals surface area (Å²) in [5.41, 5.74) is -0.00694. The number of rotatable bonds is 1. The maximum atomic E-state index is 12.4. The monoisotopic (exact) mass is 191 g/mol. The zero-order chi connectivity index (χ0) is 9.14. The molecule has 64 valence electrons. The van der Waals surface area contributed by atoms with Gasteiger partial charge in [-0.15, -0.1) is 0 Å². The number of anilines is 1. The molecule has 0 unspecified atom stereocenters. The SMILES string of the molecule is O=C(Cl)Nc1cc(F)cc(F)c1.